The molecule has 3 aliphatic rings. The van der Waals surface area contributed by atoms with Gasteiger partial charge in [0.15, 0.2) is 5.78 Å². The van der Waals surface area contributed by atoms with Gasteiger partial charge in [-0.25, -0.2) is 0 Å². The van der Waals surface area contributed by atoms with E-state index >= 15 is 0 Å². The zero-order chi connectivity index (χ0) is 23.3. The minimum Gasteiger partial charge on any atom is -0.394 e. The Morgan fingerprint density at radius 2 is 1.91 bits per heavy atom. The molecule has 1 saturated heterocycles. The maximum absolute atomic E-state index is 12.0. The van der Waals surface area contributed by atoms with Crippen molar-refractivity contribution < 1.29 is 34.9 Å². The number of nitrogens with zero attached hydrogens (tertiary/aromatic N) is 2. The lowest BCUT2D eigenvalue weighted by molar-refractivity contribution is -0.419. The van der Waals surface area contributed by atoms with Crippen LogP contribution in [0.1, 0.15) is 0 Å². The van der Waals surface area contributed by atoms with Crippen LogP contribution in [0.25, 0.3) is 0 Å². The number of hydrogen-bond donors (Lipinski definition) is 4. The van der Waals surface area contributed by atoms with Crippen molar-refractivity contribution in [1.29, 1.82) is 0 Å². The summed E-state index contributed by atoms with van der Waals surface area (Å²) in [6.45, 7) is 0.00308. The Bertz CT molecular complexity index is 921. The van der Waals surface area contributed by atoms with Gasteiger partial charge < -0.3 is 30.1 Å². The van der Waals surface area contributed by atoms with Crippen molar-refractivity contribution in [3.05, 3.63) is 81.9 Å². The van der Waals surface area contributed by atoms with E-state index in [-0.39, 0.29) is 17.1 Å². The Kier molecular flexibility index (Phi) is 8.18. The zero-order valence-corrected chi connectivity index (χ0v) is 17.7. The first kappa shape index (κ1) is 24.1. The molecule has 2 heterocycles. The third-order valence-corrected chi connectivity index (χ3v) is 6.21. The summed E-state index contributed by atoms with van der Waals surface area (Å²) in [6, 6.07) is 0. The lowest BCUT2D eigenvalue weighted by Crippen LogP contribution is -2.57. The van der Waals surface area contributed by atoms with Gasteiger partial charge in [0.05, 0.1) is 11.5 Å². The van der Waals surface area contributed by atoms with Gasteiger partial charge in [0.2, 0.25) is 0 Å². The normalized spacial score (nSPS) is 32.6. The smallest absolute Gasteiger partial charge is 0.270 e. The van der Waals surface area contributed by atoms with Crippen LogP contribution in [0.5, 0.6) is 0 Å². The minimum atomic E-state index is -1.42. The first-order chi connectivity index (χ1) is 15.3. The molecule has 3 rings (SSSR count). The van der Waals surface area contributed by atoms with Crippen LogP contribution < -0.4 is 0 Å². The van der Waals surface area contributed by atoms with Gasteiger partial charge in [-0.1, -0.05) is 6.08 Å². The molecule has 10 nitrogen and oxygen atoms in total. The van der Waals surface area contributed by atoms with Gasteiger partial charge in [-0.2, -0.15) is 0 Å². The van der Waals surface area contributed by atoms with Crippen LogP contribution in [0.15, 0.2) is 71.8 Å². The lowest BCUT2D eigenvalue weighted by Gasteiger charge is -2.39. The summed E-state index contributed by atoms with van der Waals surface area (Å²) >= 11 is 1.23. The predicted octanol–water partition coefficient (Wildman–Crippen LogP) is 0.0148. The number of hydrogen-bond acceptors (Lipinski definition) is 10. The summed E-state index contributed by atoms with van der Waals surface area (Å²) in [6.07, 6.45) is 8.94. The summed E-state index contributed by atoms with van der Waals surface area (Å²) in [5.74, 6) is 0.148. The molecule has 1 fully saturated rings. The first-order valence-electron chi connectivity index (χ1n) is 9.86. The third kappa shape index (κ3) is 5.63. The Balaban J connectivity index is 1.63. The highest BCUT2D eigenvalue weighted by Gasteiger charge is 2.43. The van der Waals surface area contributed by atoms with E-state index in [2.05, 4.69) is 0 Å². The molecule has 0 amide bonds. The van der Waals surface area contributed by atoms with Crippen molar-refractivity contribution >= 4 is 17.5 Å². The van der Waals surface area contributed by atoms with Crippen LogP contribution in [-0.4, -0.2) is 84.8 Å². The van der Waals surface area contributed by atoms with E-state index in [0.717, 1.165) is 11.8 Å². The maximum atomic E-state index is 12.0. The van der Waals surface area contributed by atoms with Crippen LogP contribution in [0.3, 0.4) is 0 Å². The van der Waals surface area contributed by atoms with E-state index in [0.29, 0.717) is 12.3 Å². The number of ketones is 1. The summed E-state index contributed by atoms with van der Waals surface area (Å²) in [5.41, 5.74) is -0.0408. The number of aliphatic hydroxyl groups is 4. The average molecular weight is 464 g/mol. The van der Waals surface area contributed by atoms with Gasteiger partial charge in [-0.15, -0.1) is 11.8 Å². The Hall–Kier alpha value is -2.54. The van der Waals surface area contributed by atoms with Crippen LogP contribution in [0.4, 0.5) is 0 Å². The number of carbonyl (C=O) groups excluding carboxylic acids is 1. The highest BCUT2D eigenvalue weighted by molar-refractivity contribution is 7.99. The van der Waals surface area contributed by atoms with Crippen molar-refractivity contribution in [2.75, 3.05) is 18.9 Å². The van der Waals surface area contributed by atoms with Gasteiger partial charge in [0, 0.05) is 41.9 Å². The molecule has 0 aromatic heterocycles. The number of aliphatic hydroxyl groups excluding tert-OH is 4. The van der Waals surface area contributed by atoms with E-state index in [1.807, 2.05) is 29.3 Å². The van der Waals surface area contributed by atoms with Crippen molar-refractivity contribution in [2.45, 2.75) is 29.9 Å². The van der Waals surface area contributed by atoms with Gasteiger partial charge in [-0.3, -0.25) is 14.9 Å². The number of ether oxygens (including phenoxy) is 1. The first-order valence-corrected chi connectivity index (χ1v) is 10.9. The number of allylic oxidation sites excluding steroid dienone is 9. The fourth-order valence-corrected chi connectivity index (χ4v) is 4.39. The molecular formula is C21H24N2O8S. The minimum absolute atomic E-state index is 0.166. The second kappa shape index (κ2) is 10.9. The molecule has 0 spiro atoms. The zero-order valence-electron chi connectivity index (χ0n) is 16.9. The molecule has 0 unspecified atom stereocenters. The van der Waals surface area contributed by atoms with E-state index in [4.69, 9.17) is 4.74 Å². The monoisotopic (exact) mass is 464 g/mol. The number of thioether (sulfide) groups is 1. The number of nitro groups is 1. The molecule has 5 atom stereocenters. The number of carbonyl (C=O) groups is 1. The third-order valence-electron chi connectivity index (χ3n) is 5.08. The van der Waals surface area contributed by atoms with Crippen molar-refractivity contribution in [1.82, 2.24) is 4.90 Å². The molecule has 0 aromatic rings. The molecule has 1 aliphatic carbocycles. The number of rotatable bonds is 7. The van der Waals surface area contributed by atoms with Gasteiger partial charge in [0.1, 0.15) is 29.9 Å². The average Bonchev–Trinajstić information content (AvgIpc) is 2.79. The van der Waals surface area contributed by atoms with Crippen LogP contribution in [0, 0.1) is 10.1 Å². The lowest BCUT2D eigenvalue weighted by atomic mass is 10.0. The van der Waals surface area contributed by atoms with Crippen LogP contribution in [-0.2, 0) is 9.53 Å². The summed E-state index contributed by atoms with van der Waals surface area (Å²) in [5, 5.41) is 50.1. The Morgan fingerprint density at radius 1 is 1.12 bits per heavy atom. The van der Waals surface area contributed by atoms with E-state index in [1.54, 1.807) is 6.08 Å². The molecule has 0 saturated carbocycles. The molecule has 0 aromatic carbocycles. The van der Waals surface area contributed by atoms with Crippen molar-refractivity contribution in [2.24, 2.45) is 0 Å². The fourth-order valence-electron chi connectivity index (χ4n) is 3.27. The molecule has 32 heavy (non-hydrogen) atoms. The largest absolute Gasteiger partial charge is 0.394 e. The topological polar surface area (TPSA) is 154 Å². The standard InChI is InChI=1S/C21H24N2O8S/c24-12-17-18(26)19(27)20(28)21(31-17)32-10-9-22-8-2-1-3-14(22)5-4-13-11-15(23(29)30)6-7-16(13)25/h1-8,11,17-21,24,26-28H,9-10,12H2/b13-4-,14-5+/t17-,18-,19+,20-,21+/m1/s1. The molecule has 2 aliphatic heterocycles. The summed E-state index contributed by atoms with van der Waals surface area (Å²) in [4.78, 5) is 24.3. The maximum Gasteiger partial charge on any atom is 0.270 e. The van der Waals surface area contributed by atoms with Gasteiger partial charge in [0.25, 0.3) is 5.70 Å². The van der Waals surface area contributed by atoms with Crippen molar-refractivity contribution in [3.8, 4) is 0 Å². The highest BCUT2D eigenvalue weighted by Crippen LogP contribution is 2.29. The van der Waals surface area contributed by atoms with E-state index in [1.165, 1.54) is 30.0 Å². The summed E-state index contributed by atoms with van der Waals surface area (Å²) in [7, 11) is 0. The second-order valence-electron chi connectivity index (χ2n) is 7.20. The predicted molar refractivity (Wildman–Crippen MR) is 117 cm³/mol. The highest BCUT2D eigenvalue weighted by atomic mass is 32.2. The Morgan fingerprint density at radius 3 is 2.62 bits per heavy atom. The molecule has 11 heteroatoms. The quantitative estimate of drug-likeness (QED) is 0.230. The van der Waals surface area contributed by atoms with Gasteiger partial charge >= 0.3 is 0 Å². The fraction of sp³-hybridized carbons (Fsp3) is 0.381. The second-order valence-corrected chi connectivity index (χ2v) is 8.41. The van der Waals surface area contributed by atoms with E-state index in [9.17, 15) is 35.3 Å². The van der Waals surface area contributed by atoms with Crippen LogP contribution >= 0.6 is 11.8 Å². The molecule has 4 N–H and O–H groups in total. The van der Waals surface area contributed by atoms with E-state index < -0.39 is 41.4 Å². The van der Waals surface area contributed by atoms with Crippen LogP contribution in [0.2, 0.25) is 0 Å². The molecule has 0 radical (unpaired) electrons. The molecular weight excluding hydrogens is 440 g/mol. The Labute approximate surface area is 188 Å². The molecule has 0 bridgehead atoms. The SMILES string of the molecule is O=C1C=CC([N+](=O)[O-])=C/C1=C/C=C1\C=CC=CN1CCS[C@@H]1O[C@H](CO)[C@@H](O)[C@H](O)[C@H]1O. The van der Waals surface area contributed by atoms with Crippen molar-refractivity contribution in [3.63, 3.8) is 0 Å². The van der Waals surface area contributed by atoms with Gasteiger partial charge in [-0.05, 0) is 30.4 Å². The molecule has 172 valence electrons. The summed E-state index contributed by atoms with van der Waals surface area (Å²) < 4.78 is 5.49.